The quantitative estimate of drug-likeness (QED) is 0.255. The molecule has 9 nitrogen and oxygen atoms in total. The second kappa shape index (κ2) is 14.7. The van der Waals surface area contributed by atoms with Crippen molar-refractivity contribution in [1.29, 1.82) is 0 Å². The average Bonchev–Trinajstić information content (AvgIpc) is 3.44. The van der Waals surface area contributed by atoms with Gasteiger partial charge in [-0.25, -0.2) is 8.42 Å². The number of hydrogen-bond donors (Lipinski definition) is 1. The third kappa shape index (κ3) is 9.21. The molecule has 0 radical (unpaired) electrons. The van der Waals surface area contributed by atoms with Crippen LogP contribution >= 0.6 is 15.9 Å². The largest absolute Gasteiger partial charge is 0.454 e. The minimum Gasteiger partial charge on any atom is -0.454 e. The molecule has 0 saturated carbocycles. The van der Waals surface area contributed by atoms with E-state index in [-0.39, 0.29) is 50.5 Å². The van der Waals surface area contributed by atoms with Crippen LogP contribution in [0, 0.1) is 5.92 Å². The van der Waals surface area contributed by atoms with Crippen LogP contribution in [0.4, 0.5) is 5.69 Å². The van der Waals surface area contributed by atoms with Gasteiger partial charge in [0.1, 0.15) is 6.04 Å². The maximum atomic E-state index is 14.0. The van der Waals surface area contributed by atoms with Crippen LogP contribution in [0.2, 0.25) is 0 Å². The van der Waals surface area contributed by atoms with Gasteiger partial charge >= 0.3 is 0 Å². The van der Waals surface area contributed by atoms with E-state index < -0.39 is 16.1 Å². The SMILES string of the molecule is CC(C)CNC(=O)[C@H](Cc1ccccc1)N(Cc1cccc(Br)c1)C(=O)CCCN(c1ccc2c(c1)OCO2)S(C)(=O)=O. The lowest BCUT2D eigenvalue weighted by molar-refractivity contribution is -0.141. The van der Waals surface area contributed by atoms with E-state index in [4.69, 9.17) is 9.47 Å². The van der Waals surface area contributed by atoms with Crippen molar-refractivity contribution in [2.75, 3.05) is 30.4 Å². The highest BCUT2D eigenvalue weighted by Crippen LogP contribution is 2.36. The summed E-state index contributed by atoms with van der Waals surface area (Å²) in [5, 5.41) is 3.02. The highest BCUT2D eigenvalue weighted by atomic mass is 79.9. The van der Waals surface area contributed by atoms with Crippen molar-refractivity contribution in [3.8, 4) is 11.5 Å². The van der Waals surface area contributed by atoms with Gasteiger partial charge in [0, 0.05) is 43.0 Å². The monoisotopic (exact) mass is 671 g/mol. The van der Waals surface area contributed by atoms with Crippen LogP contribution < -0.4 is 19.1 Å². The fourth-order valence-corrected chi connectivity index (χ4v) is 6.26. The Bertz CT molecular complexity index is 1520. The number of halogens is 1. The molecule has 1 aliphatic heterocycles. The molecule has 0 saturated heterocycles. The molecule has 0 spiro atoms. The maximum Gasteiger partial charge on any atom is 0.243 e. The van der Waals surface area contributed by atoms with Crippen molar-refractivity contribution in [2.45, 2.75) is 45.7 Å². The molecule has 2 amide bonds. The van der Waals surface area contributed by atoms with Crippen LogP contribution in [0.3, 0.4) is 0 Å². The zero-order chi connectivity index (χ0) is 31.0. The third-order valence-electron chi connectivity index (χ3n) is 6.99. The van der Waals surface area contributed by atoms with E-state index in [2.05, 4.69) is 21.2 Å². The van der Waals surface area contributed by atoms with E-state index in [1.165, 1.54) is 4.31 Å². The number of carbonyl (C=O) groups excluding carboxylic acids is 2. The van der Waals surface area contributed by atoms with Crippen molar-refractivity contribution in [1.82, 2.24) is 10.2 Å². The van der Waals surface area contributed by atoms with Gasteiger partial charge in [0.2, 0.25) is 28.6 Å². The average molecular weight is 673 g/mol. The number of ether oxygens (including phenoxy) is 2. The Hall–Kier alpha value is -3.57. The molecule has 43 heavy (non-hydrogen) atoms. The van der Waals surface area contributed by atoms with Crippen molar-refractivity contribution >= 4 is 43.5 Å². The van der Waals surface area contributed by atoms with Crippen LogP contribution in [0.1, 0.15) is 37.8 Å². The van der Waals surface area contributed by atoms with Gasteiger partial charge in [-0.05, 0) is 47.7 Å². The van der Waals surface area contributed by atoms with Crippen molar-refractivity contribution < 1.29 is 27.5 Å². The summed E-state index contributed by atoms with van der Waals surface area (Å²) in [4.78, 5) is 29.2. The molecular weight excluding hydrogens is 634 g/mol. The summed E-state index contributed by atoms with van der Waals surface area (Å²) in [6.07, 6.45) is 1.78. The number of carbonyl (C=O) groups is 2. The Balaban J connectivity index is 1.57. The van der Waals surface area contributed by atoms with Gasteiger partial charge in [-0.15, -0.1) is 0 Å². The number of nitrogens with one attached hydrogen (secondary N) is 1. The second-order valence-corrected chi connectivity index (χ2v) is 13.8. The minimum absolute atomic E-state index is 0.0489. The van der Waals surface area contributed by atoms with Gasteiger partial charge in [0.25, 0.3) is 0 Å². The van der Waals surface area contributed by atoms with Gasteiger partial charge in [0.15, 0.2) is 11.5 Å². The fourth-order valence-electron chi connectivity index (χ4n) is 4.85. The number of sulfonamides is 1. The lowest BCUT2D eigenvalue weighted by atomic mass is 10.0. The third-order valence-corrected chi connectivity index (χ3v) is 8.68. The molecule has 1 atom stereocenters. The molecule has 0 bridgehead atoms. The number of benzene rings is 3. The molecule has 1 heterocycles. The summed E-state index contributed by atoms with van der Waals surface area (Å²) in [5.41, 5.74) is 2.24. The molecule has 3 aromatic carbocycles. The predicted octanol–water partition coefficient (Wildman–Crippen LogP) is 5.14. The molecular formula is C32H38BrN3O6S. The zero-order valence-electron chi connectivity index (χ0n) is 24.7. The number of amides is 2. The molecule has 3 aromatic rings. The zero-order valence-corrected chi connectivity index (χ0v) is 27.1. The number of nitrogens with zero attached hydrogens (tertiary/aromatic N) is 2. The summed E-state index contributed by atoms with van der Waals surface area (Å²) in [6.45, 7) is 4.91. The minimum atomic E-state index is -3.65. The summed E-state index contributed by atoms with van der Waals surface area (Å²) in [5.74, 6) is 0.807. The van der Waals surface area contributed by atoms with E-state index in [0.29, 0.717) is 30.2 Å². The smallest absolute Gasteiger partial charge is 0.243 e. The Morgan fingerprint density at radius 3 is 2.37 bits per heavy atom. The molecule has 1 aliphatic rings. The number of anilines is 1. The fraction of sp³-hybridized carbons (Fsp3) is 0.375. The van der Waals surface area contributed by atoms with Gasteiger partial charge in [-0.2, -0.15) is 0 Å². The first kappa shape index (κ1) is 32.3. The lowest BCUT2D eigenvalue weighted by Crippen LogP contribution is -2.51. The van der Waals surface area contributed by atoms with Crippen LogP contribution in [-0.4, -0.2) is 57.3 Å². The van der Waals surface area contributed by atoms with Crippen LogP contribution in [0.15, 0.2) is 77.3 Å². The van der Waals surface area contributed by atoms with E-state index in [9.17, 15) is 18.0 Å². The van der Waals surface area contributed by atoms with Gasteiger partial charge < -0.3 is 19.7 Å². The van der Waals surface area contributed by atoms with Crippen molar-refractivity contribution in [3.05, 3.63) is 88.4 Å². The van der Waals surface area contributed by atoms with E-state index >= 15 is 0 Å². The first-order chi connectivity index (χ1) is 20.5. The predicted molar refractivity (Wildman–Crippen MR) is 170 cm³/mol. The second-order valence-electron chi connectivity index (χ2n) is 11.0. The van der Waals surface area contributed by atoms with E-state index in [1.54, 1.807) is 23.1 Å². The lowest BCUT2D eigenvalue weighted by Gasteiger charge is -2.32. The molecule has 0 aliphatic carbocycles. The Kier molecular flexibility index (Phi) is 11.1. The Labute approximate surface area is 262 Å². The first-order valence-corrected chi connectivity index (χ1v) is 16.9. The van der Waals surface area contributed by atoms with Gasteiger partial charge in [0.05, 0.1) is 11.9 Å². The molecule has 11 heteroatoms. The topological polar surface area (TPSA) is 105 Å². The van der Waals surface area contributed by atoms with Gasteiger partial charge in [-0.3, -0.25) is 13.9 Å². The van der Waals surface area contributed by atoms with Crippen molar-refractivity contribution in [2.24, 2.45) is 5.92 Å². The first-order valence-electron chi connectivity index (χ1n) is 14.2. The van der Waals surface area contributed by atoms with Crippen molar-refractivity contribution in [3.63, 3.8) is 0 Å². The van der Waals surface area contributed by atoms with Crippen LogP contribution in [-0.2, 0) is 32.6 Å². The highest BCUT2D eigenvalue weighted by molar-refractivity contribution is 9.10. The van der Waals surface area contributed by atoms with Crippen LogP contribution in [0.25, 0.3) is 0 Å². The molecule has 4 rings (SSSR count). The van der Waals surface area contributed by atoms with Crippen LogP contribution in [0.5, 0.6) is 11.5 Å². The molecule has 0 aromatic heterocycles. The summed E-state index contributed by atoms with van der Waals surface area (Å²) in [7, 11) is -3.65. The standard InChI is InChI=1S/C32H38BrN3O6S/c1-23(2)20-34-32(38)28(18-24-9-5-4-6-10-24)35(21-25-11-7-12-26(33)17-25)31(37)13-8-16-36(43(3,39)40)27-14-15-29-30(19-27)42-22-41-29/h4-7,9-12,14-15,17,19,23,28H,8,13,16,18,20-22H2,1-3H3,(H,34,38)/t28-/m0/s1. The Morgan fingerprint density at radius 2 is 1.67 bits per heavy atom. The van der Waals surface area contributed by atoms with E-state index in [1.807, 2.05) is 68.4 Å². The summed E-state index contributed by atoms with van der Waals surface area (Å²) >= 11 is 3.50. The van der Waals surface area contributed by atoms with E-state index in [0.717, 1.165) is 21.9 Å². The number of hydrogen-bond acceptors (Lipinski definition) is 6. The highest BCUT2D eigenvalue weighted by Gasteiger charge is 2.31. The molecule has 0 fully saturated rings. The molecule has 1 N–H and O–H groups in total. The maximum absolute atomic E-state index is 14.0. The van der Waals surface area contributed by atoms with Gasteiger partial charge in [-0.1, -0.05) is 72.2 Å². The molecule has 0 unspecified atom stereocenters. The summed E-state index contributed by atoms with van der Waals surface area (Å²) < 4.78 is 38.4. The number of fused-ring (bicyclic) bond motifs is 1. The molecule has 230 valence electrons. The Morgan fingerprint density at radius 1 is 0.953 bits per heavy atom. The number of rotatable bonds is 14. The normalized spacial score (nSPS) is 13.0. The summed E-state index contributed by atoms with van der Waals surface area (Å²) in [6, 6.07) is 21.5.